The van der Waals surface area contributed by atoms with Crippen molar-refractivity contribution >= 4 is 27.5 Å². The lowest BCUT2D eigenvalue weighted by Crippen LogP contribution is -2.21. The van der Waals surface area contributed by atoms with Gasteiger partial charge in [-0.3, -0.25) is 0 Å². The Morgan fingerprint density at radius 2 is 1.90 bits per heavy atom. The van der Waals surface area contributed by atoms with Gasteiger partial charge in [-0.05, 0) is 36.2 Å². The van der Waals surface area contributed by atoms with Crippen molar-refractivity contribution in [2.45, 2.75) is 18.9 Å². The topological polar surface area (TPSA) is 46.2 Å². The summed E-state index contributed by atoms with van der Waals surface area (Å²) in [4.78, 5) is 0. The SMILES string of the molecule is Cc1ccccc1C(CN)C(O)c1cc(Br)ccc1Cl. The number of halogens is 2. The van der Waals surface area contributed by atoms with Crippen LogP contribution in [0.4, 0.5) is 0 Å². The van der Waals surface area contributed by atoms with E-state index in [0.29, 0.717) is 17.1 Å². The van der Waals surface area contributed by atoms with Gasteiger partial charge in [0, 0.05) is 27.5 Å². The maximum Gasteiger partial charge on any atom is 0.0885 e. The molecule has 0 radical (unpaired) electrons. The predicted octanol–water partition coefficient (Wildman–Crippen LogP) is 4.19. The minimum atomic E-state index is -0.730. The molecule has 2 aromatic rings. The zero-order valence-electron chi connectivity index (χ0n) is 11.2. The second-order valence-electron chi connectivity index (χ2n) is 4.81. The van der Waals surface area contributed by atoms with Gasteiger partial charge < -0.3 is 10.8 Å². The van der Waals surface area contributed by atoms with Gasteiger partial charge in [0.1, 0.15) is 0 Å². The normalized spacial score (nSPS) is 14.1. The largest absolute Gasteiger partial charge is 0.388 e. The Balaban J connectivity index is 2.41. The van der Waals surface area contributed by atoms with Crippen LogP contribution in [0.25, 0.3) is 0 Å². The van der Waals surface area contributed by atoms with E-state index in [1.54, 1.807) is 6.07 Å². The maximum absolute atomic E-state index is 10.7. The third-order valence-corrected chi connectivity index (χ3v) is 4.34. The zero-order valence-corrected chi connectivity index (χ0v) is 13.5. The molecule has 0 fully saturated rings. The third kappa shape index (κ3) is 3.23. The van der Waals surface area contributed by atoms with Gasteiger partial charge in [-0.2, -0.15) is 0 Å². The van der Waals surface area contributed by atoms with E-state index in [2.05, 4.69) is 15.9 Å². The van der Waals surface area contributed by atoms with Crippen LogP contribution in [0.15, 0.2) is 46.9 Å². The third-order valence-electron chi connectivity index (χ3n) is 3.50. The van der Waals surface area contributed by atoms with Crippen molar-refractivity contribution in [1.82, 2.24) is 0 Å². The fourth-order valence-corrected chi connectivity index (χ4v) is 2.99. The van der Waals surface area contributed by atoms with Gasteiger partial charge >= 0.3 is 0 Å². The molecular formula is C16H17BrClNO. The summed E-state index contributed by atoms with van der Waals surface area (Å²) < 4.78 is 0.886. The molecule has 0 heterocycles. The molecule has 0 aromatic heterocycles. The lowest BCUT2D eigenvalue weighted by Gasteiger charge is -2.24. The first kappa shape index (κ1) is 15.5. The van der Waals surface area contributed by atoms with E-state index in [-0.39, 0.29) is 5.92 Å². The van der Waals surface area contributed by atoms with Crippen LogP contribution in [0.1, 0.15) is 28.7 Å². The summed E-state index contributed by atoms with van der Waals surface area (Å²) in [5.41, 5.74) is 8.75. The minimum Gasteiger partial charge on any atom is -0.388 e. The molecule has 0 aliphatic rings. The van der Waals surface area contributed by atoms with Crippen molar-refractivity contribution in [3.63, 3.8) is 0 Å². The van der Waals surface area contributed by atoms with Gasteiger partial charge in [-0.1, -0.05) is 51.8 Å². The van der Waals surface area contributed by atoms with Crippen LogP contribution in [-0.2, 0) is 0 Å². The average molecular weight is 355 g/mol. The summed E-state index contributed by atoms with van der Waals surface area (Å²) in [6, 6.07) is 13.4. The molecule has 0 aliphatic carbocycles. The van der Waals surface area contributed by atoms with Crippen molar-refractivity contribution in [3.8, 4) is 0 Å². The predicted molar refractivity (Wildman–Crippen MR) is 87.1 cm³/mol. The lowest BCUT2D eigenvalue weighted by molar-refractivity contribution is 0.147. The van der Waals surface area contributed by atoms with Gasteiger partial charge in [0.2, 0.25) is 0 Å². The number of benzene rings is 2. The van der Waals surface area contributed by atoms with Crippen molar-refractivity contribution in [2.75, 3.05) is 6.54 Å². The molecule has 0 bridgehead atoms. The summed E-state index contributed by atoms with van der Waals surface area (Å²) in [5.74, 6) is -0.178. The van der Waals surface area contributed by atoms with Gasteiger partial charge in [-0.15, -0.1) is 0 Å². The molecular weight excluding hydrogens is 338 g/mol. The summed E-state index contributed by atoms with van der Waals surface area (Å²) in [6.07, 6.45) is -0.730. The summed E-state index contributed by atoms with van der Waals surface area (Å²) in [6.45, 7) is 2.38. The van der Waals surface area contributed by atoms with Crippen molar-refractivity contribution in [1.29, 1.82) is 0 Å². The molecule has 0 amide bonds. The maximum atomic E-state index is 10.7. The molecule has 2 aromatic carbocycles. The van der Waals surface area contributed by atoms with Crippen LogP contribution in [0, 0.1) is 6.92 Å². The zero-order chi connectivity index (χ0) is 14.7. The highest BCUT2D eigenvalue weighted by atomic mass is 79.9. The van der Waals surface area contributed by atoms with Gasteiger partial charge in [-0.25, -0.2) is 0 Å². The van der Waals surface area contributed by atoms with Crippen LogP contribution in [0.3, 0.4) is 0 Å². The second-order valence-corrected chi connectivity index (χ2v) is 6.13. The Kier molecular flexibility index (Phi) is 5.22. The standard InChI is InChI=1S/C16H17BrClNO/c1-10-4-2-3-5-12(10)14(9-19)16(20)13-8-11(17)6-7-15(13)18/h2-8,14,16,20H,9,19H2,1H3. The van der Waals surface area contributed by atoms with E-state index in [1.807, 2.05) is 43.3 Å². The quantitative estimate of drug-likeness (QED) is 0.865. The van der Waals surface area contributed by atoms with Crippen molar-refractivity contribution in [2.24, 2.45) is 5.73 Å². The highest BCUT2D eigenvalue weighted by Gasteiger charge is 2.24. The van der Waals surface area contributed by atoms with Gasteiger partial charge in [0.15, 0.2) is 0 Å². The van der Waals surface area contributed by atoms with E-state index in [4.69, 9.17) is 17.3 Å². The van der Waals surface area contributed by atoms with Gasteiger partial charge in [0.05, 0.1) is 6.10 Å². The Morgan fingerprint density at radius 1 is 1.20 bits per heavy atom. The van der Waals surface area contributed by atoms with E-state index in [0.717, 1.165) is 15.6 Å². The van der Waals surface area contributed by atoms with E-state index >= 15 is 0 Å². The summed E-state index contributed by atoms with van der Waals surface area (Å²) in [5, 5.41) is 11.2. The highest BCUT2D eigenvalue weighted by Crippen LogP contribution is 2.36. The van der Waals surface area contributed by atoms with Crippen LogP contribution >= 0.6 is 27.5 Å². The first-order chi connectivity index (χ1) is 9.54. The van der Waals surface area contributed by atoms with Crippen LogP contribution in [0.2, 0.25) is 5.02 Å². The van der Waals surface area contributed by atoms with E-state index < -0.39 is 6.10 Å². The molecule has 0 spiro atoms. The van der Waals surface area contributed by atoms with Crippen molar-refractivity contribution in [3.05, 3.63) is 68.7 Å². The fourth-order valence-electron chi connectivity index (χ4n) is 2.39. The first-order valence-corrected chi connectivity index (χ1v) is 7.60. The van der Waals surface area contributed by atoms with E-state index in [9.17, 15) is 5.11 Å². The number of hydrogen-bond acceptors (Lipinski definition) is 2. The van der Waals surface area contributed by atoms with Crippen LogP contribution in [0.5, 0.6) is 0 Å². The molecule has 2 atom stereocenters. The molecule has 4 heteroatoms. The average Bonchev–Trinajstić information content (AvgIpc) is 2.44. The smallest absolute Gasteiger partial charge is 0.0885 e. The van der Waals surface area contributed by atoms with Crippen LogP contribution in [-0.4, -0.2) is 11.7 Å². The molecule has 0 saturated carbocycles. The second kappa shape index (κ2) is 6.72. The molecule has 2 unspecified atom stereocenters. The molecule has 106 valence electrons. The summed E-state index contributed by atoms with van der Waals surface area (Å²) in [7, 11) is 0. The monoisotopic (exact) mass is 353 g/mol. The molecule has 3 N–H and O–H groups in total. The number of aliphatic hydroxyl groups excluding tert-OH is 1. The minimum absolute atomic E-state index is 0.178. The fraction of sp³-hybridized carbons (Fsp3) is 0.250. The Morgan fingerprint density at radius 3 is 2.55 bits per heavy atom. The number of aliphatic hydroxyl groups is 1. The molecule has 2 rings (SSSR count). The van der Waals surface area contributed by atoms with Crippen LogP contribution < -0.4 is 5.73 Å². The molecule has 20 heavy (non-hydrogen) atoms. The Bertz CT molecular complexity index is 603. The molecule has 2 nitrogen and oxygen atoms in total. The van der Waals surface area contributed by atoms with Crippen molar-refractivity contribution < 1.29 is 5.11 Å². The summed E-state index contributed by atoms with van der Waals surface area (Å²) >= 11 is 9.60. The molecule has 0 aliphatic heterocycles. The number of hydrogen-bond donors (Lipinski definition) is 2. The van der Waals surface area contributed by atoms with E-state index in [1.165, 1.54) is 0 Å². The highest BCUT2D eigenvalue weighted by molar-refractivity contribution is 9.10. The number of nitrogens with two attached hydrogens (primary N) is 1. The molecule has 0 saturated heterocycles. The Hall–Kier alpha value is -0.870. The number of aryl methyl sites for hydroxylation is 1. The van der Waals surface area contributed by atoms with Gasteiger partial charge in [0.25, 0.3) is 0 Å². The Labute approximate surface area is 132 Å². The lowest BCUT2D eigenvalue weighted by atomic mass is 9.87. The first-order valence-electron chi connectivity index (χ1n) is 6.43. The number of rotatable bonds is 4.